The summed E-state index contributed by atoms with van der Waals surface area (Å²) in [5.41, 5.74) is 14.7. The van der Waals surface area contributed by atoms with Crippen molar-refractivity contribution in [3.05, 3.63) is 253 Å². The number of hydrogen-bond donors (Lipinski definition) is 0. The van der Waals surface area contributed by atoms with Crippen LogP contribution < -0.4 is 9.64 Å². The number of ether oxygens (including phenoxy) is 1. The molecule has 0 saturated heterocycles. The molecule has 15 rings (SSSR count). The molecule has 0 unspecified atom stereocenters. The van der Waals surface area contributed by atoms with Gasteiger partial charge in [-0.3, -0.25) is 0 Å². The Hall–Kier alpha value is -8.86. The molecule has 1 aliphatic carbocycles. The Kier molecular flexibility index (Phi) is 7.40. The molecule has 4 nitrogen and oxygen atoms in total. The van der Waals surface area contributed by atoms with E-state index < -0.39 is 5.41 Å². The van der Waals surface area contributed by atoms with Crippen LogP contribution in [0.3, 0.4) is 0 Å². The SMILES string of the molecule is c1ccc2c(c1)Oc1ccccc1C21c2cc(N(c3ccc4c(c3)oc3ccccc34)c3ccc4c5ccccc5n(-c5cccc6ccccc56)c4c3)ccc2-c2cccc3cccc1c23. The standard InChI is InChI=1S/C63H38N2O2/c1-2-18-44-39(14-1)15-13-26-55(44)65-56-25-7-3-19-46(56)47-34-31-42(37-57(47)65)64(43-32-35-49-48-20-4-8-27-58(48)66-61(49)38-43)41-30-33-45-50-21-11-16-40-17-12-24-53(62(40)50)63(54(45)36-41)51-22-5-9-28-59(51)67-60-29-10-6-23-52(60)63/h1-38H. The first-order valence-electron chi connectivity index (χ1n) is 23.0. The van der Waals surface area contributed by atoms with Crippen molar-refractivity contribution in [3.63, 3.8) is 0 Å². The van der Waals surface area contributed by atoms with Crippen LogP contribution in [0.2, 0.25) is 0 Å². The maximum absolute atomic E-state index is 6.80. The molecule has 0 fully saturated rings. The molecule has 2 aromatic heterocycles. The second kappa shape index (κ2) is 13.6. The quantitative estimate of drug-likeness (QED) is 0.177. The van der Waals surface area contributed by atoms with Crippen molar-refractivity contribution in [2.75, 3.05) is 4.90 Å². The van der Waals surface area contributed by atoms with Crippen LogP contribution in [0.1, 0.15) is 22.3 Å². The van der Waals surface area contributed by atoms with E-state index in [1.54, 1.807) is 0 Å². The van der Waals surface area contributed by atoms with E-state index in [2.05, 4.69) is 234 Å². The van der Waals surface area contributed by atoms with Gasteiger partial charge in [0.2, 0.25) is 0 Å². The van der Waals surface area contributed by atoms with Crippen molar-refractivity contribution < 1.29 is 9.15 Å². The maximum atomic E-state index is 6.80. The minimum absolute atomic E-state index is 0.691. The van der Waals surface area contributed by atoms with Gasteiger partial charge in [-0.1, -0.05) is 158 Å². The predicted octanol–water partition coefficient (Wildman–Crippen LogP) is 16.9. The summed E-state index contributed by atoms with van der Waals surface area (Å²) < 4.78 is 15.9. The van der Waals surface area contributed by atoms with Gasteiger partial charge in [-0.25, -0.2) is 0 Å². The molecule has 13 aromatic rings. The van der Waals surface area contributed by atoms with Crippen LogP contribution >= 0.6 is 0 Å². The molecule has 0 radical (unpaired) electrons. The molecule has 0 atom stereocenters. The zero-order valence-corrected chi connectivity index (χ0v) is 36.2. The number of rotatable bonds is 4. The lowest BCUT2D eigenvalue weighted by Gasteiger charge is -2.45. The second-order valence-corrected chi connectivity index (χ2v) is 17.9. The number of furan rings is 1. The number of benzene rings is 11. The monoisotopic (exact) mass is 854 g/mol. The Morgan fingerprint density at radius 3 is 1.79 bits per heavy atom. The molecule has 312 valence electrons. The fraction of sp³-hybridized carbons (Fsp3) is 0.0159. The predicted molar refractivity (Wildman–Crippen MR) is 275 cm³/mol. The average Bonchev–Trinajstić information content (AvgIpc) is 3.92. The minimum Gasteiger partial charge on any atom is -0.457 e. The molecular weight excluding hydrogens is 817 g/mol. The van der Waals surface area contributed by atoms with Crippen molar-refractivity contribution in [3.8, 4) is 28.3 Å². The Labute approximate surface area is 385 Å². The first-order valence-corrected chi connectivity index (χ1v) is 23.0. The van der Waals surface area contributed by atoms with Crippen LogP contribution in [0.25, 0.3) is 82.1 Å². The van der Waals surface area contributed by atoms with Crippen LogP contribution in [0.5, 0.6) is 11.5 Å². The summed E-state index contributed by atoms with van der Waals surface area (Å²) in [5, 5.41) is 9.53. The Bertz CT molecular complexity index is 4170. The van der Waals surface area contributed by atoms with E-state index in [1.807, 2.05) is 6.07 Å². The van der Waals surface area contributed by atoms with E-state index in [-0.39, 0.29) is 0 Å². The van der Waals surface area contributed by atoms with Crippen molar-refractivity contribution in [2.45, 2.75) is 5.41 Å². The van der Waals surface area contributed by atoms with Crippen molar-refractivity contribution in [1.82, 2.24) is 4.57 Å². The molecule has 3 heterocycles. The highest BCUT2D eigenvalue weighted by Crippen LogP contribution is 2.62. The highest BCUT2D eigenvalue weighted by Gasteiger charge is 2.49. The van der Waals surface area contributed by atoms with Crippen molar-refractivity contribution in [1.29, 1.82) is 0 Å². The van der Waals surface area contributed by atoms with Crippen molar-refractivity contribution in [2.24, 2.45) is 0 Å². The lowest BCUT2D eigenvalue weighted by molar-refractivity contribution is 0.435. The molecule has 0 N–H and O–H groups in total. The van der Waals surface area contributed by atoms with Gasteiger partial charge in [0.25, 0.3) is 0 Å². The van der Waals surface area contributed by atoms with E-state index in [0.717, 1.165) is 72.8 Å². The zero-order valence-electron chi connectivity index (χ0n) is 36.2. The first-order chi connectivity index (χ1) is 33.2. The van der Waals surface area contributed by atoms with E-state index in [4.69, 9.17) is 9.15 Å². The second-order valence-electron chi connectivity index (χ2n) is 17.9. The molecule has 0 saturated carbocycles. The van der Waals surface area contributed by atoms with Gasteiger partial charge in [0.1, 0.15) is 22.7 Å². The smallest absolute Gasteiger partial charge is 0.137 e. The van der Waals surface area contributed by atoms with Crippen LogP contribution in [-0.4, -0.2) is 4.57 Å². The largest absolute Gasteiger partial charge is 0.457 e. The molecule has 1 spiro atoms. The third-order valence-electron chi connectivity index (χ3n) is 14.6. The highest BCUT2D eigenvalue weighted by molar-refractivity contribution is 6.12. The van der Waals surface area contributed by atoms with Gasteiger partial charge in [0.05, 0.1) is 22.1 Å². The Morgan fingerprint density at radius 2 is 0.940 bits per heavy atom. The molecule has 0 bridgehead atoms. The summed E-state index contributed by atoms with van der Waals surface area (Å²) in [6.07, 6.45) is 0. The van der Waals surface area contributed by atoms with Gasteiger partial charge in [-0.2, -0.15) is 0 Å². The number of hydrogen-bond acceptors (Lipinski definition) is 3. The number of aromatic nitrogens is 1. The fourth-order valence-electron chi connectivity index (χ4n) is 11.9. The van der Waals surface area contributed by atoms with Gasteiger partial charge in [0.15, 0.2) is 0 Å². The normalized spacial score (nSPS) is 13.3. The Morgan fingerprint density at radius 1 is 0.358 bits per heavy atom. The van der Waals surface area contributed by atoms with E-state index >= 15 is 0 Å². The maximum Gasteiger partial charge on any atom is 0.137 e. The summed E-state index contributed by atoms with van der Waals surface area (Å²) >= 11 is 0. The summed E-state index contributed by atoms with van der Waals surface area (Å²) in [6, 6.07) is 84.0. The number of anilines is 3. The van der Waals surface area contributed by atoms with E-state index in [9.17, 15) is 0 Å². The lowest BCUT2D eigenvalue weighted by atomic mass is 9.58. The topological polar surface area (TPSA) is 30.5 Å². The average molecular weight is 855 g/mol. The molecule has 4 heteroatoms. The third-order valence-corrected chi connectivity index (χ3v) is 14.6. The van der Waals surface area contributed by atoms with Gasteiger partial charge in [-0.05, 0) is 105 Å². The summed E-state index contributed by atoms with van der Waals surface area (Å²) in [7, 11) is 0. The highest BCUT2D eigenvalue weighted by atomic mass is 16.5. The fourth-order valence-corrected chi connectivity index (χ4v) is 11.9. The number of para-hydroxylation sites is 4. The van der Waals surface area contributed by atoms with Crippen LogP contribution in [-0.2, 0) is 5.41 Å². The number of fused-ring (bicyclic) bond motifs is 15. The van der Waals surface area contributed by atoms with Crippen LogP contribution in [0, 0.1) is 0 Å². The third kappa shape index (κ3) is 4.96. The molecule has 1 aliphatic heterocycles. The van der Waals surface area contributed by atoms with Gasteiger partial charge in [0, 0.05) is 61.2 Å². The van der Waals surface area contributed by atoms with Crippen molar-refractivity contribution >= 4 is 82.4 Å². The number of nitrogens with zero attached hydrogens (tertiary/aromatic N) is 2. The molecule has 67 heavy (non-hydrogen) atoms. The van der Waals surface area contributed by atoms with Gasteiger partial charge < -0.3 is 18.6 Å². The van der Waals surface area contributed by atoms with Crippen LogP contribution in [0.4, 0.5) is 17.1 Å². The first kappa shape index (κ1) is 36.5. The van der Waals surface area contributed by atoms with Gasteiger partial charge in [-0.15, -0.1) is 0 Å². The van der Waals surface area contributed by atoms with E-state index in [0.29, 0.717) is 0 Å². The zero-order chi connectivity index (χ0) is 43.8. The van der Waals surface area contributed by atoms with Crippen LogP contribution in [0.15, 0.2) is 235 Å². The van der Waals surface area contributed by atoms with Gasteiger partial charge >= 0.3 is 0 Å². The van der Waals surface area contributed by atoms with E-state index in [1.165, 1.54) is 60.1 Å². The molecule has 0 amide bonds. The lowest BCUT2D eigenvalue weighted by Crippen LogP contribution is -2.36. The summed E-state index contributed by atoms with van der Waals surface area (Å²) in [4.78, 5) is 2.42. The summed E-state index contributed by atoms with van der Waals surface area (Å²) in [6.45, 7) is 0. The minimum atomic E-state index is -0.691. The molecule has 2 aliphatic rings. The molecule has 11 aromatic carbocycles. The molecular formula is C63H38N2O2. The summed E-state index contributed by atoms with van der Waals surface area (Å²) in [5.74, 6) is 1.74. The Balaban J connectivity index is 1.05.